The third-order valence-corrected chi connectivity index (χ3v) is 2.48. The van der Waals surface area contributed by atoms with Gasteiger partial charge in [0.05, 0.1) is 12.7 Å². The van der Waals surface area contributed by atoms with Crippen molar-refractivity contribution < 1.29 is 23.9 Å². The predicted octanol–water partition coefficient (Wildman–Crippen LogP) is 1.52. The summed E-state index contributed by atoms with van der Waals surface area (Å²) in [4.78, 5) is 34.8. The summed E-state index contributed by atoms with van der Waals surface area (Å²) in [6.07, 6.45) is 1.01. The first-order valence-electron chi connectivity index (χ1n) is 5.20. The maximum atomic E-state index is 12.0. The topological polar surface area (TPSA) is 69.7 Å². The Balaban J connectivity index is 2.53. The molecule has 5 nitrogen and oxygen atoms in total. The number of carbonyl (C=O) groups is 3. The Kier molecular flexibility index (Phi) is 2.97. The van der Waals surface area contributed by atoms with E-state index in [0.717, 1.165) is 6.08 Å². The standard InChI is InChI=1S/C13H10O5/c1-7(14)18-11-6-9(15)12-8(13(11)16)4-3-5-10(12)17-2/h3-6H,1-2H3. The van der Waals surface area contributed by atoms with Gasteiger partial charge in [-0.05, 0) is 12.1 Å². The van der Waals surface area contributed by atoms with E-state index in [2.05, 4.69) is 0 Å². The number of rotatable bonds is 2. The fourth-order valence-electron chi connectivity index (χ4n) is 1.76. The summed E-state index contributed by atoms with van der Waals surface area (Å²) in [7, 11) is 1.42. The lowest BCUT2D eigenvalue weighted by Crippen LogP contribution is -2.20. The van der Waals surface area contributed by atoms with Gasteiger partial charge >= 0.3 is 5.97 Å². The van der Waals surface area contributed by atoms with E-state index in [1.54, 1.807) is 12.1 Å². The van der Waals surface area contributed by atoms with E-state index in [1.807, 2.05) is 0 Å². The molecule has 0 bridgehead atoms. The van der Waals surface area contributed by atoms with Gasteiger partial charge in [0.2, 0.25) is 5.78 Å². The number of Topliss-reactive ketones (excluding diaryl/α,β-unsaturated/α-hetero) is 1. The number of fused-ring (bicyclic) bond motifs is 1. The van der Waals surface area contributed by atoms with Gasteiger partial charge in [-0.3, -0.25) is 14.4 Å². The number of methoxy groups -OCH3 is 1. The summed E-state index contributed by atoms with van der Waals surface area (Å²) in [5.41, 5.74) is 0.374. The van der Waals surface area contributed by atoms with Crippen LogP contribution in [0.1, 0.15) is 27.6 Å². The van der Waals surface area contributed by atoms with E-state index in [-0.39, 0.29) is 16.9 Å². The van der Waals surface area contributed by atoms with Crippen molar-refractivity contribution in [3.63, 3.8) is 0 Å². The van der Waals surface area contributed by atoms with E-state index in [9.17, 15) is 14.4 Å². The zero-order valence-electron chi connectivity index (χ0n) is 9.85. The number of allylic oxidation sites excluding steroid dienone is 2. The molecule has 5 heteroatoms. The van der Waals surface area contributed by atoms with Gasteiger partial charge in [0.15, 0.2) is 11.5 Å². The lowest BCUT2D eigenvalue weighted by atomic mass is 9.93. The van der Waals surface area contributed by atoms with Crippen molar-refractivity contribution in [2.45, 2.75) is 6.92 Å². The molecule has 0 N–H and O–H groups in total. The van der Waals surface area contributed by atoms with Gasteiger partial charge in [0.25, 0.3) is 0 Å². The molecule has 0 radical (unpaired) electrons. The second kappa shape index (κ2) is 4.44. The molecule has 1 aromatic carbocycles. The first-order valence-corrected chi connectivity index (χ1v) is 5.20. The quantitative estimate of drug-likeness (QED) is 0.740. The van der Waals surface area contributed by atoms with Crippen LogP contribution in [0.5, 0.6) is 5.75 Å². The highest BCUT2D eigenvalue weighted by Crippen LogP contribution is 2.29. The van der Waals surface area contributed by atoms with Crippen LogP contribution in [0.2, 0.25) is 0 Å². The molecule has 1 aliphatic carbocycles. The monoisotopic (exact) mass is 246 g/mol. The molecule has 92 valence electrons. The van der Waals surface area contributed by atoms with Gasteiger partial charge < -0.3 is 9.47 Å². The Morgan fingerprint density at radius 1 is 1.22 bits per heavy atom. The highest BCUT2D eigenvalue weighted by Gasteiger charge is 2.30. The first-order chi connectivity index (χ1) is 8.54. The normalized spacial score (nSPS) is 13.8. The minimum absolute atomic E-state index is 0.179. The third kappa shape index (κ3) is 1.90. The highest BCUT2D eigenvalue weighted by molar-refractivity contribution is 6.25. The van der Waals surface area contributed by atoms with Gasteiger partial charge in [-0.1, -0.05) is 6.07 Å². The van der Waals surface area contributed by atoms with Crippen molar-refractivity contribution in [2.24, 2.45) is 0 Å². The number of benzene rings is 1. The molecule has 0 amide bonds. The van der Waals surface area contributed by atoms with E-state index >= 15 is 0 Å². The average Bonchev–Trinajstić information content (AvgIpc) is 2.34. The van der Waals surface area contributed by atoms with Crippen LogP contribution in [-0.4, -0.2) is 24.6 Å². The van der Waals surface area contributed by atoms with Crippen LogP contribution in [0.4, 0.5) is 0 Å². The van der Waals surface area contributed by atoms with Crippen LogP contribution < -0.4 is 4.74 Å². The zero-order chi connectivity index (χ0) is 13.3. The lowest BCUT2D eigenvalue weighted by Gasteiger charge is -2.16. The number of esters is 1. The molecule has 0 spiro atoms. The number of ketones is 2. The van der Waals surface area contributed by atoms with Crippen LogP contribution in [0, 0.1) is 0 Å². The molecule has 0 atom stereocenters. The fraction of sp³-hybridized carbons (Fsp3) is 0.154. The van der Waals surface area contributed by atoms with Gasteiger partial charge in [-0.25, -0.2) is 0 Å². The highest BCUT2D eigenvalue weighted by atomic mass is 16.5. The molecule has 0 heterocycles. The van der Waals surface area contributed by atoms with Crippen LogP contribution in [0.15, 0.2) is 30.0 Å². The van der Waals surface area contributed by atoms with Gasteiger partial charge in [-0.15, -0.1) is 0 Å². The summed E-state index contributed by atoms with van der Waals surface area (Å²) in [6, 6.07) is 4.68. The maximum absolute atomic E-state index is 12.0. The largest absolute Gasteiger partial charge is 0.496 e. The first kappa shape index (κ1) is 12.0. The SMILES string of the molecule is COc1cccc2c1C(=O)C=C(OC(C)=O)C2=O. The van der Waals surface area contributed by atoms with Crippen molar-refractivity contribution in [3.05, 3.63) is 41.2 Å². The molecule has 0 unspecified atom stereocenters. The maximum Gasteiger partial charge on any atom is 0.308 e. The van der Waals surface area contributed by atoms with Crippen LogP contribution in [0.3, 0.4) is 0 Å². The van der Waals surface area contributed by atoms with Crippen molar-refractivity contribution >= 4 is 17.5 Å². The van der Waals surface area contributed by atoms with Crippen molar-refractivity contribution in [1.82, 2.24) is 0 Å². The average molecular weight is 246 g/mol. The Bertz CT molecular complexity index is 583. The second-order valence-electron chi connectivity index (χ2n) is 3.68. The van der Waals surface area contributed by atoms with Gasteiger partial charge in [-0.2, -0.15) is 0 Å². The summed E-state index contributed by atoms with van der Waals surface area (Å²) in [5.74, 6) is -1.50. The molecule has 0 fully saturated rings. The van der Waals surface area contributed by atoms with Crippen LogP contribution in [-0.2, 0) is 9.53 Å². The van der Waals surface area contributed by atoms with E-state index < -0.39 is 17.5 Å². The molecule has 1 aliphatic rings. The number of hydrogen-bond acceptors (Lipinski definition) is 5. The third-order valence-electron chi connectivity index (χ3n) is 2.48. The minimum Gasteiger partial charge on any atom is -0.496 e. The smallest absolute Gasteiger partial charge is 0.308 e. The Morgan fingerprint density at radius 3 is 2.56 bits per heavy atom. The molecule has 0 saturated carbocycles. The van der Waals surface area contributed by atoms with Crippen molar-refractivity contribution in [2.75, 3.05) is 7.11 Å². The Morgan fingerprint density at radius 2 is 1.94 bits per heavy atom. The molecule has 0 saturated heterocycles. The van der Waals surface area contributed by atoms with Crippen molar-refractivity contribution in [1.29, 1.82) is 0 Å². The van der Waals surface area contributed by atoms with Gasteiger partial charge in [0.1, 0.15) is 5.75 Å². The van der Waals surface area contributed by atoms with Crippen molar-refractivity contribution in [3.8, 4) is 5.75 Å². The van der Waals surface area contributed by atoms with E-state index in [0.29, 0.717) is 5.75 Å². The van der Waals surface area contributed by atoms with Gasteiger partial charge in [0, 0.05) is 18.6 Å². The van der Waals surface area contributed by atoms with Crippen LogP contribution in [0.25, 0.3) is 0 Å². The zero-order valence-corrected chi connectivity index (χ0v) is 9.85. The van der Waals surface area contributed by atoms with Crippen LogP contribution >= 0.6 is 0 Å². The molecule has 2 rings (SSSR count). The summed E-state index contributed by atoms with van der Waals surface area (Å²) in [6.45, 7) is 1.17. The number of carbonyl (C=O) groups excluding carboxylic acids is 3. The molecule has 18 heavy (non-hydrogen) atoms. The molecular formula is C13H10O5. The molecule has 0 aromatic heterocycles. The number of ether oxygens (including phenoxy) is 2. The Hall–Kier alpha value is -2.43. The molecule has 0 aliphatic heterocycles. The number of hydrogen-bond donors (Lipinski definition) is 0. The lowest BCUT2D eigenvalue weighted by molar-refractivity contribution is -0.136. The minimum atomic E-state index is -0.645. The second-order valence-corrected chi connectivity index (χ2v) is 3.68. The fourth-order valence-corrected chi connectivity index (χ4v) is 1.76. The van der Waals surface area contributed by atoms with E-state index in [4.69, 9.17) is 9.47 Å². The summed E-state index contributed by atoms with van der Waals surface area (Å²) in [5, 5.41) is 0. The Labute approximate surface area is 103 Å². The predicted molar refractivity (Wildman–Crippen MR) is 61.5 cm³/mol. The summed E-state index contributed by atoms with van der Waals surface area (Å²) >= 11 is 0. The molecule has 1 aromatic rings. The summed E-state index contributed by atoms with van der Waals surface area (Å²) < 4.78 is 9.75. The van der Waals surface area contributed by atoms with E-state index in [1.165, 1.54) is 20.1 Å². The molecular weight excluding hydrogens is 236 g/mol.